The second-order valence-electron chi connectivity index (χ2n) is 8.67. The van der Waals surface area contributed by atoms with E-state index in [9.17, 15) is 27.6 Å². The Balaban J connectivity index is 1.39. The molecular weight excluding hydrogens is 521 g/mol. The monoisotopic (exact) mass is 544 g/mol. The highest BCUT2D eigenvalue weighted by Gasteiger charge is 2.46. The summed E-state index contributed by atoms with van der Waals surface area (Å²) in [5, 5.41) is 5.19. The van der Waals surface area contributed by atoms with Crippen molar-refractivity contribution in [2.24, 2.45) is 0 Å². The Labute approximate surface area is 220 Å². The zero-order chi connectivity index (χ0) is 28.0. The molecule has 2 N–H and O–H groups in total. The van der Waals surface area contributed by atoms with E-state index >= 15 is 0 Å². The number of carbonyl (C=O) groups excluding carboxylic acids is 3. The Morgan fingerprint density at radius 2 is 1.72 bits per heavy atom. The van der Waals surface area contributed by atoms with Crippen molar-refractivity contribution in [3.63, 3.8) is 0 Å². The molecule has 4 rings (SSSR count). The van der Waals surface area contributed by atoms with E-state index in [4.69, 9.17) is 14.2 Å². The van der Waals surface area contributed by atoms with Crippen LogP contribution in [0, 0.1) is 0 Å². The number of methoxy groups -OCH3 is 1. The largest absolute Gasteiger partial charge is 0.497 e. The molecule has 1 aliphatic carbocycles. The van der Waals surface area contributed by atoms with E-state index in [0.29, 0.717) is 5.56 Å². The van der Waals surface area contributed by atoms with Crippen LogP contribution in [0.2, 0.25) is 0 Å². The van der Waals surface area contributed by atoms with Crippen molar-refractivity contribution in [1.29, 1.82) is 0 Å². The lowest BCUT2D eigenvalue weighted by Crippen LogP contribution is -2.58. The highest BCUT2D eigenvalue weighted by molar-refractivity contribution is 5.98. The van der Waals surface area contributed by atoms with Crippen LogP contribution in [0.25, 0.3) is 0 Å². The maximum absolute atomic E-state index is 13.4. The summed E-state index contributed by atoms with van der Waals surface area (Å²) >= 11 is 0. The number of hydrogen-bond donors (Lipinski definition) is 2. The normalized spacial score (nSPS) is 16.9. The van der Waals surface area contributed by atoms with Crippen LogP contribution in [0.3, 0.4) is 0 Å². The van der Waals surface area contributed by atoms with E-state index in [1.54, 1.807) is 12.1 Å². The summed E-state index contributed by atoms with van der Waals surface area (Å²) in [6.45, 7) is 0.0225. The second-order valence-corrected chi connectivity index (χ2v) is 8.67. The number of hydrogen-bond acceptors (Lipinski definition) is 8. The van der Waals surface area contributed by atoms with Gasteiger partial charge in [0.1, 0.15) is 40.5 Å². The first kappa shape index (κ1) is 27.4. The van der Waals surface area contributed by atoms with Gasteiger partial charge in [0.2, 0.25) is 5.91 Å². The van der Waals surface area contributed by atoms with Crippen molar-refractivity contribution in [1.82, 2.24) is 20.6 Å². The molecule has 0 saturated heterocycles. The molecule has 0 aliphatic heterocycles. The first-order valence-corrected chi connectivity index (χ1v) is 11.6. The smallest absolute Gasteiger partial charge is 0.420 e. The Morgan fingerprint density at radius 1 is 1.03 bits per heavy atom. The predicted molar refractivity (Wildman–Crippen MR) is 129 cm³/mol. The standard InChI is InChI=1S/C26H23F3N4O6/c1-37-19-6-7-22(21(10-19)26(27,28)29)38-18-4-2-16(3-5-18)12-32-23(35)25(9-8-17(34)11-25)33-24(36)39-20-13-30-15-31-14-20/h2-7,10,13-15H,8-9,11-12H2,1H3,(H,32,35)(H,33,36). The highest BCUT2D eigenvalue weighted by atomic mass is 19.4. The zero-order valence-electron chi connectivity index (χ0n) is 20.6. The van der Waals surface area contributed by atoms with Crippen molar-refractivity contribution >= 4 is 17.8 Å². The van der Waals surface area contributed by atoms with E-state index in [-0.39, 0.29) is 48.8 Å². The number of rotatable bonds is 8. The van der Waals surface area contributed by atoms with Crippen molar-refractivity contribution in [3.8, 4) is 23.0 Å². The number of halogens is 3. The van der Waals surface area contributed by atoms with E-state index < -0.39 is 35.0 Å². The lowest BCUT2D eigenvalue weighted by atomic mass is 9.96. The molecule has 0 spiro atoms. The number of benzene rings is 2. The Hall–Kier alpha value is -4.68. The van der Waals surface area contributed by atoms with E-state index in [0.717, 1.165) is 6.07 Å². The number of ketones is 1. The molecule has 13 heteroatoms. The third kappa shape index (κ3) is 6.80. The molecule has 1 heterocycles. The third-order valence-corrected chi connectivity index (χ3v) is 5.95. The number of amides is 2. The molecule has 39 heavy (non-hydrogen) atoms. The van der Waals surface area contributed by atoms with Gasteiger partial charge in [0.15, 0.2) is 5.75 Å². The van der Waals surface area contributed by atoms with Gasteiger partial charge in [0, 0.05) is 19.4 Å². The minimum absolute atomic E-state index is 0.0225. The molecule has 1 aromatic heterocycles. The van der Waals surface area contributed by atoms with Gasteiger partial charge in [0.05, 0.1) is 19.5 Å². The summed E-state index contributed by atoms with van der Waals surface area (Å²) in [5.74, 6) is -0.909. The maximum Gasteiger partial charge on any atom is 0.420 e. The third-order valence-electron chi connectivity index (χ3n) is 5.95. The Morgan fingerprint density at radius 3 is 2.33 bits per heavy atom. The van der Waals surface area contributed by atoms with Gasteiger partial charge in [-0.15, -0.1) is 0 Å². The maximum atomic E-state index is 13.4. The summed E-state index contributed by atoms with van der Waals surface area (Å²) in [4.78, 5) is 44.9. The number of nitrogens with zero attached hydrogens (tertiary/aromatic N) is 2. The minimum Gasteiger partial charge on any atom is -0.497 e. The topological polar surface area (TPSA) is 129 Å². The van der Waals surface area contributed by atoms with Gasteiger partial charge < -0.3 is 24.8 Å². The molecule has 204 valence electrons. The molecular formula is C26H23F3N4O6. The van der Waals surface area contributed by atoms with Gasteiger partial charge in [-0.05, 0) is 42.3 Å². The Bertz CT molecular complexity index is 1350. The number of alkyl halides is 3. The molecule has 1 saturated carbocycles. The van der Waals surface area contributed by atoms with Crippen molar-refractivity contribution in [2.45, 2.75) is 37.5 Å². The molecule has 3 aromatic rings. The quantitative estimate of drug-likeness (QED) is 0.432. The van der Waals surface area contributed by atoms with Gasteiger partial charge >= 0.3 is 12.3 Å². The van der Waals surface area contributed by atoms with E-state index in [2.05, 4.69) is 20.6 Å². The van der Waals surface area contributed by atoms with Gasteiger partial charge in [-0.3, -0.25) is 9.59 Å². The van der Waals surface area contributed by atoms with Crippen molar-refractivity contribution < 1.29 is 41.8 Å². The summed E-state index contributed by atoms with van der Waals surface area (Å²) in [5.41, 5.74) is -1.87. The van der Waals surface area contributed by atoms with E-state index in [1.807, 2.05) is 0 Å². The minimum atomic E-state index is -4.65. The number of carbonyl (C=O) groups is 3. The molecule has 1 aliphatic rings. The second kappa shape index (κ2) is 11.4. The molecule has 1 fully saturated rings. The predicted octanol–water partition coefficient (Wildman–Crippen LogP) is 4.19. The van der Waals surface area contributed by atoms with E-state index in [1.165, 1.54) is 50.1 Å². The van der Waals surface area contributed by atoms with Crippen LogP contribution in [0.1, 0.15) is 30.4 Å². The van der Waals surface area contributed by atoms with Crippen LogP contribution in [-0.2, 0) is 22.3 Å². The fourth-order valence-electron chi connectivity index (χ4n) is 3.99. The highest BCUT2D eigenvalue weighted by Crippen LogP contribution is 2.40. The van der Waals surface area contributed by atoms with Crippen molar-refractivity contribution in [2.75, 3.05) is 7.11 Å². The molecule has 2 amide bonds. The average molecular weight is 544 g/mol. The number of nitrogens with one attached hydrogen (secondary N) is 2. The van der Waals surface area contributed by atoms with Gasteiger partial charge in [-0.25, -0.2) is 14.8 Å². The zero-order valence-corrected chi connectivity index (χ0v) is 20.6. The fraction of sp³-hybridized carbons (Fsp3) is 0.269. The van der Waals surface area contributed by atoms with Crippen LogP contribution < -0.4 is 24.8 Å². The van der Waals surface area contributed by atoms with Gasteiger partial charge in [-0.2, -0.15) is 13.2 Å². The van der Waals surface area contributed by atoms with Gasteiger partial charge in [0.25, 0.3) is 0 Å². The summed E-state index contributed by atoms with van der Waals surface area (Å²) < 4.78 is 55.7. The first-order valence-electron chi connectivity index (χ1n) is 11.6. The van der Waals surface area contributed by atoms with Crippen molar-refractivity contribution in [3.05, 3.63) is 72.3 Å². The fourth-order valence-corrected chi connectivity index (χ4v) is 3.99. The van der Waals surface area contributed by atoms with Gasteiger partial charge in [-0.1, -0.05) is 12.1 Å². The van der Waals surface area contributed by atoms with Crippen LogP contribution >= 0.6 is 0 Å². The Kier molecular flexibility index (Phi) is 7.98. The van der Waals surface area contributed by atoms with Crippen LogP contribution in [-0.4, -0.2) is 40.4 Å². The SMILES string of the molecule is COc1ccc(Oc2ccc(CNC(=O)C3(NC(=O)Oc4cncnc4)CCC(=O)C3)cc2)c(C(F)(F)F)c1. The van der Waals surface area contributed by atoms with Crippen LogP contribution in [0.15, 0.2) is 61.2 Å². The number of aromatic nitrogens is 2. The molecule has 0 bridgehead atoms. The summed E-state index contributed by atoms with van der Waals surface area (Å²) in [6.07, 6.45) is -1.79. The summed E-state index contributed by atoms with van der Waals surface area (Å²) in [6, 6.07) is 9.42. The summed E-state index contributed by atoms with van der Waals surface area (Å²) in [7, 11) is 1.27. The molecule has 0 radical (unpaired) electrons. The lowest BCUT2D eigenvalue weighted by molar-refractivity contribution is -0.138. The molecule has 1 unspecified atom stereocenters. The molecule has 1 atom stereocenters. The first-order chi connectivity index (χ1) is 18.6. The number of ether oxygens (including phenoxy) is 3. The lowest BCUT2D eigenvalue weighted by Gasteiger charge is -2.27. The molecule has 10 nitrogen and oxygen atoms in total. The average Bonchev–Trinajstić information content (AvgIpc) is 3.29. The van der Waals surface area contributed by atoms with Crippen LogP contribution in [0.5, 0.6) is 23.0 Å². The number of Topliss-reactive ketones (excluding diaryl/α,β-unsaturated/α-hetero) is 1. The van der Waals surface area contributed by atoms with Crippen LogP contribution in [0.4, 0.5) is 18.0 Å². The molecule has 2 aromatic carbocycles.